The van der Waals surface area contributed by atoms with E-state index in [1.807, 2.05) is 13.1 Å². The zero-order valence-corrected chi connectivity index (χ0v) is 10.8. The molecule has 3 N–H and O–H groups in total. The second-order valence-electron chi connectivity index (χ2n) is 5.36. The maximum atomic E-state index is 13.3. The fraction of sp³-hybridized carbons (Fsp3) is 0.571. The molecule has 1 saturated carbocycles. The van der Waals surface area contributed by atoms with Crippen molar-refractivity contribution < 1.29 is 9.50 Å². The smallest absolute Gasteiger partial charge is 0.123 e. The number of hydrogen-bond acceptors (Lipinski definition) is 3. The van der Waals surface area contributed by atoms with Gasteiger partial charge in [-0.2, -0.15) is 0 Å². The van der Waals surface area contributed by atoms with Crippen molar-refractivity contribution in [2.75, 3.05) is 13.6 Å². The van der Waals surface area contributed by atoms with Gasteiger partial charge in [0.2, 0.25) is 0 Å². The van der Waals surface area contributed by atoms with Crippen LogP contribution in [0.1, 0.15) is 24.0 Å². The van der Waals surface area contributed by atoms with E-state index in [9.17, 15) is 9.50 Å². The van der Waals surface area contributed by atoms with Crippen LogP contribution in [-0.4, -0.2) is 29.7 Å². The average Bonchev–Trinajstić information content (AvgIpc) is 2.26. The number of halogens is 1. The van der Waals surface area contributed by atoms with Gasteiger partial charge in [-0.3, -0.25) is 0 Å². The Bertz CT molecular complexity index is 405. The van der Waals surface area contributed by atoms with Crippen molar-refractivity contribution >= 4 is 0 Å². The van der Waals surface area contributed by atoms with Gasteiger partial charge in [0.15, 0.2) is 0 Å². The average molecular weight is 252 g/mol. The summed E-state index contributed by atoms with van der Waals surface area (Å²) in [4.78, 5) is 2.17. The Morgan fingerprint density at radius 1 is 1.33 bits per heavy atom. The van der Waals surface area contributed by atoms with Gasteiger partial charge < -0.3 is 15.7 Å². The highest BCUT2D eigenvalue weighted by molar-refractivity contribution is 5.24. The van der Waals surface area contributed by atoms with Gasteiger partial charge in [-0.15, -0.1) is 0 Å². The van der Waals surface area contributed by atoms with Gasteiger partial charge in [-0.1, -0.05) is 6.07 Å². The molecule has 0 atom stereocenters. The third-order valence-electron chi connectivity index (χ3n) is 3.49. The van der Waals surface area contributed by atoms with Crippen molar-refractivity contribution in [3.63, 3.8) is 0 Å². The first kappa shape index (κ1) is 13.5. The zero-order chi connectivity index (χ0) is 13.1. The zero-order valence-electron chi connectivity index (χ0n) is 10.8. The highest BCUT2D eigenvalue weighted by atomic mass is 19.1. The Morgan fingerprint density at radius 2 is 2.00 bits per heavy atom. The van der Waals surface area contributed by atoms with Gasteiger partial charge in [-0.05, 0) is 49.1 Å². The number of nitrogens with two attached hydrogens (primary N) is 1. The molecule has 1 fully saturated rings. The van der Waals surface area contributed by atoms with Crippen LogP contribution in [0.25, 0.3) is 0 Å². The van der Waals surface area contributed by atoms with E-state index in [1.54, 1.807) is 6.07 Å². The second kappa shape index (κ2) is 5.78. The molecule has 1 aliphatic carbocycles. The predicted molar refractivity (Wildman–Crippen MR) is 69.4 cm³/mol. The molecular weight excluding hydrogens is 231 g/mol. The van der Waals surface area contributed by atoms with Crippen molar-refractivity contribution in [2.24, 2.45) is 11.7 Å². The molecular formula is C14H21FN2O. The van der Waals surface area contributed by atoms with Gasteiger partial charge in [0.25, 0.3) is 0 Å². The maximum absolute atomic E-state index is 13.3. The minimum absolute atomic E-state index is 0.110. The molecule has 0 radical (unpaired) electrons. The van der Waals surface area contributed by atoms with E-state index in [4.69, 9.17) is 5.73 Å². The lowest BCUT2D eigenvalue weighted by Gasteiger charge is -2.34. The summed E-state index contributed by atoms with van der Waals surface area (Å²) in [6, 6.07) is 4.99. The van der Waals surface area contributed by atoms with Gasteiger partial charge in [0.05, 0.1) is 6.10 Å². The van der Waals surface area contributed by atoms with Gasteiger partial charge >= 0.3 is 0 Å². The molecule has 4 heteroatoms. The Morgan fingerprint density at radius 3 is 2.61 bits per heavy atom. The summed E-state index contributed by atoms with van der Waals surface area (Å²) in [5.41, 5.74) is 7.32. The summed E-state index contributed by atoms with van der Waals surface area (Å²) in [5, 5.41) is 9.24. The normalized spacial score (nSPS) is 23.2. The minimum atomic E-state index is -0.222. The summed E-state index contributed by atoms with van der Waals surface area (Å²) >= 11 is 0. The summed E-state index contributed by atoms with van der Waals surface area (Å²) < 4.78 is 13.3. The van der Waals surface area contributed by atoms with E-state index in [0.29, 0.717) is 12.5 Å². The topological polar surface area (TPSA) is 49.5 Å². The summed E-state index contributed by atoms with van der Waals surface area (Å²) in [6.45, 7) is 2.03. The van der Waals surface area contributed by atoms with Crippen LogP contribution in [0, 0.1) is 11.7 Å². The largest absolute Gasteiger partial charge is 0.393 e. The fourth-order valence-electron chi connectivity index (χ4n) is 2.59. The summed E-state index contributed by atoms with van der Waals surface area (Å²) in [7, 11) is 2.03. The summed E-state index contributed by atoms with van der Waals surface area (Å²) in [5.74, 6) is 0.355. The van der Waals surface area contributed by atoms with Gasteiger partial charge in [0.1, 0.15) is 5.82 Å². The number of nitrogens with zero attached hydrogens (tertiary/aromatic N) is 1. The van der Waals surface area contributed by atoms with Gasteiger partial charge in [-0.25, -0.2) is 4.39 Å². The fourth-order valence-corrected chi connectivity index (χ4v) is 2.59. The lowest BCUT2D eigenvalue weighted by Crippen LogP contribution is -2.36. The van der Waals surface area contributed by atoms with E-state index in [0.717, 1.165) is 37.1 Å². The Balaban J connectivity index is 1.89. The van der Waals surface area contributed by atoms with Crippen LogP contribution in [0.4, 0.5) is 4.39 Å². The Hall–Kier alpha value is -0.970. The number of hydrogen-bond donors (Lipinski definition) is 2. The van der Waals surface area contributed by atoms with E-state index < -0.39 is 0 Å². The van der Waals surface area contributed by atoms with Crippen LogP contribution >= 0.6 is 0 Å². The van der Waals surface area contributed by atoms with Crippen LogP contribution in [0.15, 0.2) is 18.2 Å². The molecule has 0 saturated heterocycles. The second-order valence-corrected chi connectivity index (χ2v) is 5.36. The lowest BCUT2D eigenvalue weighted by atomic mass is 9.82. The van der Waals surface area contributed by atoms with Crippen molar-refractivity contribution in [3.05, 3.63) is 35.1 Å². The molecule has 0 unspecified atom stereocenters. The molecule has 1 aromatic carbocycles. The standard InChI is InChI=1S/C14H21FN2O/c1-17(9-12-5-14(18)6-12)8-11-2-10(7-16)3-13(15)4-11/h2-4,12,14,18H,5-9,16H2,1H3. The van der Waals surface area contributed by atoms with E-state index in [1.165, 1.54) is 6.07 Å². The monoisotopic (exact) mass is 252 g/mol. The van der Waals surface area contributed by atoms with Gasteiger partial charge in [0, 0.05) is 19.6 Å². The summed E-state index contributed by atoms with van der Waals surface area (Å²) in [6.07, 6.45) is 1.67. The van der Waals surface area contributed by atoms with E-state index >= 15 is 0 Å². The number of rotatable bonds is 5. The maximum Gasteiger partial charge on any atom is 0.123 e. The third kappa shape index (κ3) is 3.51. The van der Waals surface area contributed by atoms with Crippen molar-refractivity contribution in [3.8, 4) is 0 Å². The number of benzene rings is 1. The van der Waals surface area contributed by atoms with Crippen LogP contribution in [0.5, 0.6) is 0 Å². The lowest BCUT2D eigenvalue weighted by molar-refractivity contribution is 0.0274. The predicted octanol–water partition coefficient (Wildman–Crippen LogP) is 1.49. The molecule has 100 valence electrons. The quantitative estimate of drug-likeness (QED) is 0.834. The molecule has 0 amide bonds. The molecule has 0 aliphatic heterocycles. The first-order chi connectivity index (χ1) is 8.56. The molecule has 0 heterocycles. The van der Waals surface area contributed by atoms with Crippen molar-refractivity contribution in [1.29, 1.82) is 0 Å². The van der Waals surface area contributed by atoms with Crippen LogP contribution in [0.3, 0.4) is 0 Å². The Kier molecular flexibility index (Phi) is 4.32. The third-order valence-corrected chi connectivity index (χ3v) is 3.49. The molecule has 18 heavy (non-hydrogen) atoms. The van der Waals surface area contributed by atoms with Crippen LogP contribution < -0.4 is 5.73 Å². The molecule has 2 rings (SSSR count). The number of aliphatic hydroxyl groups excluding tert-OH is 1. The molecule has 0 aromatic heterocycles. The minimum Gasteiger partial charge on any atom is -0.393 e. The highest BCUT2D eigenvalue weighted by Gasteiger charge is 2.27. The molecule has 3 nitrogen and oxygen atoms in total. The van der Waals surface area contributed by atoms with Crippen LogP contribution in [0.2, 0.25) is 0 Å². The SMILES string of the molecule is CN(Cc1cc(F)cc(CN)c1)CC1CC(O)C1. The van der Waals surface area contributed by atoms with E-state index in [-0.39, 0.29) is 11.9 Å². The molecule has 0 bridgehead atoms. The molecule has 1 aliphatic rings. The Labute approximate surface area is 107 Å². The van der Waals surface area contributed by atoms with Crippen molar-refractivity contribution in [1.82, 2.24) is 4.90 Å². The van der Waals surface area contributed by atoms with E-state index in [2.05, 4.69) is 4.90 Å². The van der Waals surface area contributed by atoms with Crippen LogP contribution in [-0.2, 0) is 13.1 Å². The number of aliphatic hydroxyl groups is 1. The highest BCUT2D eigenvalue weighted by Crippen LogP contribution is 2.27. The first-order valence-electron chi connectivity index (χ1n) is 6.42. The van der Waals surface area contributed by atoms with Crippen molar-refractivity contribution in [2.45, 2.75) is 32.0 Å². The first-order valence-corrected chi connectivity index (χ1v) is 6.42. The molecule has 0 spiro atoms. The molecule has 1 aromatic rings.